The Hall–Kier alpha value is -1.16. The third-order valence-corrected chi connectivity index (χ3v) is 2.07. The molecule has 0 bridgehead atoms. The normalized spacial score (nSPS) is 10.1. The SMILES string of the molecule is Cc1ccc(NC(=S)NCC(C)C)nc1. The van der Waals surface area contributed by atoms with Crippen molar-refractivity contribution >= 4 is 23.1 Å². The second kappa shape index (κ2) is 5.66. The van der Waals surface area contributed by atoms with Crippen LogP contribution in [0.5, 0.6) is 0 Å². The van der Waals surface area contributed by atoms with Crippen LogP contribution in [0.2, 0.25) is 0 Å². The fraction of sp³-hybridized carbons (Fsp3) is 0.455. The molecule has 0 aliphatic carbocycles. The number of nitrogens with one attached hydrogen (secondary N) is 2. The van der Waals surface area contributed by atoms with E-state index >= 15 is 0 Å². The van der Waals surface area contributed by atoms with E-state index in [1.165, 1.54) is 0 Å². The second-order valence-electron chi connectivity index (χ2n) is 3.95. The van der Waals surface area contributed by atoms with Crippen molar-refractivity contribution in [3.8, 4) is 0 Å². The number of hydrogen-bond acceptors (Lipinski definition) is 2. The number of pyridine rings is 1. The van der Waals surface area contributed by atoms with Gasteiger partial charge in [0.15, 0.2) is 5.11 Å². The average molecular weight is 223 g/mol. The molecule has 1 heterocycles. The highest BCUT2D eigenvalue weighted by Gasteiger charge is 1.99. The van der Waals surface area contributed by atoms with Gasteiger partial charge in [0.25, 0.3) is 0 Å². The van der Waals surface area contributed by atoms with Crippen LogP contribution in [-0.2, 0) is 0 Å². The van der Waals surface area contributed by atoms with Crippen LogP contribution in [-0.4, -0.2) is 16.6 Å². The molecule has 1 aromatic heterocycles. The van der Waals surface area contributed by atoms with Gasteiger partial charge in [-0.15, -0.1) is 0 Å². The number of nitrogens with zero attached hydrogens (tertiary/aromatic N) is 1. The lowest BCUT2D eigenvalue weighted by Crippen LogP contribution is -2.31. The van der Waals surface area contributed by atoms with Gasteiger partial charge in [-0.2, -0.15) is 0 Å². The Labute approximate surface area is 96.3 Å². The van der Waals surface area contributed by atoms with Crippen molar-refractivity contribution in [3.63, 3.8) is 0 Å². The Morgan fingerprint density at radius 1 is 1.47 bits per heavy atom. The van der Waals surface area contributed by atoms with Crippen molar-refractivity contribution in [3.05, 3.63) is 23.9 Å². The molecule has 82 valence electrons. The number of rotatable bonds is 3. The third kappa shape index (κ3) is 4.74. The third-order valence-electron chi connectivity index (χ3n) is 1.82. The fourth-order valence-electron chi connectivity index (χ4n) is 0.999. The van der Waals surface area contributed by atoms with Crippen LogP contribution in [0.1, 0.15) is 19.4 Å². The van der Waals surface area contributed by atoms with E-state index in [0.717, 1.165) is 17.9 Å². The standard InChI is InChI=1S/C11H17N3S/c1-8(2)6-13-11(15)14-10-5-4-9(3)7-12-10/h4-5,7-8H,6H2,1-3H3,(H2,12,13,14,15). The lowest BCUT2D eigenvalue weighted by Gasteiger charge is -2.11. The lowest BCUT2D eigenvalue weighted by atomic mass is 10.2. The van der Waals surface area contributed by atoms with Crippen molar-refractivity contribution in [1.82, 2.24) is 10.3 Å². The Morgan fingerprint density at radius 3 is 2.73 bits per heavy atom. The first-order valence-electron chi connectivity index (χ1n) is 5.05. The van der Waals surface area contributed by atoms with Crippen LogP contribution in [0.25, 0.3) is 0 Å². The van der Waals surface area contributed by atoms with E-state index in [1.807, 2.05) is 25.3 Å². The van der Waals surface area contributed by atoms with E-state index in [2.05, 4.69) is 29.5 Å². The van der Waals surface area contributed by atoms with Crippen molar-refractivity contribution in [2.24, 2.45) is 5.92 Å². The van der Waals surface area contributed by atoms with Gasteiger partial charge in [0.1, 0.15) is 5.82 Å². The molecule has 0 atom stereocenters. The maximum atomic E-state index is 5.13. The molecule has 4 heteroatoms. The zero-order valence-corrected chi connectivity index (χ0v) is 10.2. The highest BCUT2D eigenvalue weighted by molar-refractivity contribution is 7.80. The summed E-state index contributed by atoms with van der Waals surface area (Å²) in [6.07, 6.45) is 1.81. The van der Waals surface area contributed by atoms with Gasteiger partial charge in [-0.3, -0.25) is 0 Å². The van der Waals surface area contributed by atoms with E-state index in [0.29, 0.717) is 11.0 Å². The molecule has 0 spiro atoms. The minimum absolute atomic E-state index is 0.579. The number of aromatic nitrogens is 1. The first kappa shape index (κ1) is 11.9. The van der Waals surface area contributed by atoms with Crippen molar-refractivity contribution in [1.29, 1.82) is 0 Å². The van der Waals surface area contributed by atoms with E-state index < -0.39 is 0 Å². The minimum atomic E-state index is 0.579. The number of anilines is 1. The molecule has 0 amide bonds. The molecule has 0 aromatic carbocycles. The molecule has 0 radical (unpaired) electrons. The second-order valence-corrected chi connectivity index (χ2v) is 4.36. The fourth-order valence-corrected chi connectivity index (χ4v) is 1.19. The predicted molar refractivity (Wildman–Crippen MR) is 68.0 cm³/mol. The van der Waals surface area contributed by atoms with Crippen molar-refractivity contribution in [2.45, 2.75) is 20.8 Å². The van der Waals surface area contributed by atoms with Gasteiger partial charge >= 0.3 is 0 Å². The molecule has 1 aromatic rings. The highest BCUT2D eigenvalue weighted by Crippen LogP contribution is 2.03. The monoisotopic (exact) mass is 223 g/mol. The van der Waals surface area contributed by atoms with E-state index in [4.69, 9.17) is 12.2 Å². The maximum absolute atomic E-state index is 5.13. The Balaban J connectivity index is 2.41. The summed E-state index contributed by atoms with van der Waals surface area (Å²) in [6, 6.07) is 3.92. The average Bonchev–Trinajstić information content (AvgIpc) is 2.19. The van der Waals surface area contributed by atoms with Gasteiger partial charge in [-0.05, 0) is 36.7 Å². The highest BCUT2D eigenvalue weighted by atomic mass is 32.1. The first-order chi connectivity index (χ1) is 7.08. The molecule has 0 fully saturated rings. The summed E-state index contributed by atoms with van der Waals surface area (Å²) in [4.78, 5) is 4.21. The molecule has 0 unspecified atom stereocenters. The molecule has 0 aliphatic heterocycles. The summed E-state index contributed by atoms with van der Waals surface area (Å²) < 4.78 is 0. The largest absolute Gasteiger partial charge is 0.362 e. The van der Waals surface area contributed by atoms with Gasteiger partial charge in [0, 0.05) is 12.7 Å². The summed E-state index contributed by atoms with van der Waals surface area (Å²) >= 11 is 5.13. The van der Waals surface area contributed by atoms with E-state index in [-0.39, 0.29) is 0 Å². The van der Waals surface area contributed by atoms with E-state index in [1.54, 1.807) is 0 Å². The van der Waals surface area contributed by atoms with Gasteiger partial charge < -0.3 is 10.6 Å². The quantitative estimate of drug-likeness (QED) is 0.771. The predicted octanol–water partition coefficient (Wildman–Crippen LogP) is 2.33. The zero-order valence-electron chi connectivity index (χ0n) is 9.37. The van der Waals surface area contributed by atoms with Gasteiger partial charge in [-0.1, -0.05) is 19.9 Å². The smallest absolute Gasteiger partial charge is 0.171 e. The zero-order chi connectivity index (χ0) is 11.3. The number of thiocarbonyl (C=S) groups is 1. The van der Waals surface area contributed by atoms with E-state index in [9.17, 15) is 0 Å². The Kier molecular flexibility index (Phi) is 4.49. The summed E-state index contributed by atoms with van der Waals surface area (Å²) in [5.41, 5.74) is 1.14. The number of hydrogen-bond donors (Lipinski definition) is 2. The summed E-state index contributed by atoms with van der Waals surface area (Å²) in [5.74, 6) is 1.36. The van der Waals surface area contributed by atoms with Crippen LogP contribution in [0.3, 0.4) is 0 Å². The molecule has 2 N–H and O–H groups in total. The molecule has 3 nitrogen and oxygen atoms in total. The topological polar surface area (TPSA) is 37.0 Å². The molecule has 0 aliphatic rings. The maximum Gasteiger partial charge on any atom is 0.171 e. The van der Waals surface area contributed by atoms with Crippen LogP contribution in [0.15, 0.2) is 18.3 Å². The van der Waals surface area contributed by atoms with Gasteiger partial charge in [-0.25, -0.2) is 4.98 Å². The minimum Gasteiger partial charge on any atom is -0.362 e. The molecule has 0 saturated carbocycles. The Bertz CT molecular complexity index is 319. The van der Waals surface area contributed by atoms with Crippen molar-refractivity contribution < 1.29 is 0 Å². The van der Waals surface area contributed by atoms with Crippen LogP contribution in [0.4, 0.5) is 5.82 Å². The van der Waals surface area contributed by atoms with Crippen LogP contribution in [0, 0.1) is 12.8 Å². The lowest BCUT2D eigenvalue weighted by molar-refractivity contribution is 0.627. The van der Waals surface area contributed by atoms with Gasteiger partial charge in [0.05, 0.1) is 0 Å². The molecular weight excluding hydrogens is 206 g/mol. The van der Waals surface area contributed by atoms with Crippen LogP contribution >= 0.6 is 12.2 Å². The number of aryl methyl sites for hydroxylation is 1. The Morgan fingerprint density at radius 2 is 2.20 bits per heavy atom. The van der Waals surface area contributed by atoms with Gasteiger partial charge in [0.2, 0.25) is 0 Å². The van der Waals surface area contributed by atoms with Crippen molar-refractivity contribution in [2.75, 3.05) is 11.9 Å². The molecule has 15 heavy (non-hydrogen) atoms. The first-order valence-corrected chi connectivity index (χ1v) is 5.46. The molecule has 0 saturated heterocycles. The van der Waals surface area contributed by atoms with Crippen LogP contribution < -0.4 is 10.6 Å². The molecule has 1 rings (SSSR count). The molecular formula is C11H17N3S. The summed E-state index contributed by atoms with van der Waals surface area (Å²) in [7, 11) is 0. The summed E-state index contributed by atoms with van der Waals surface area (Å²) in [5, 5.41) is 6.78. The summed E-state index contributed by atoms with van der Waals surface area (Å²) in [6.45, 7) is 7.16.